The molecule has 0 atom stereocenters. The van der Waals surface area contributed by atoms with Gasteiger partial charge in [0.15, 0.2) is 0 Å². The molecular weight excluding hydrogens is 197 g/mol. The summed E-state index contributed by atoms with van der Waals surface area (Å²) in [7, 11) is 0. The van der Waals surface area contributed by atoms with Crippen molar-refractivity contribution in [2.24, 2.45) is 0 Å². The lowest BCUT2D eigenvalue weighted by Gasteiger charge is -2.03. The maximum Gasteiger partial charge on any atom is 0.454 e. The normalized spacial score (nSPS) is 13.0. The largest absolute Gasteiger partial charge is 0.465 e. The maximum atomic E-state index is 11.9. The Morgan fingerprint density at radius 2 is 2.14 bits per heavy atom. The zero-order chi connectivity index (χ0) is 10.8. The molecule has 0 fully saturated rings. The maximum absolute atomic E-state index is 11.9. The van der Waals surface area contributed by atoms with Crippen molar-refractivity contribution in [1.82, 2.24) is 0 Å². The minimum atomic E-state index is -4.83. The Morgan fingerprint density at radius 3 is 2.57 bits per heavy atom. The van der Waals surface area contributed by atoms with E-state index in [9.17, 15) is 18.0 Å². The molecular formula is C9H7F3O2. The van der Waals surface area contributed by atoms with Crippen molar-refractivity contribution in [3.8, 4) is 0 Å². The molecule has 0 amide bonds. The minimum Gasteiger partial charge on any atom is -0.465 e. The zero-order valence-electron chi connectivity index (χ0n) is 7.26. The Morgan fingerprint density at radius 1 is 1.50 bits per heavy atom. The van der Waals surface area contributed by atoms with Crippen molar-refractivity contribution < 1.29 is 22.4 Å². The summed E-state index contributed by atoms with van der Waals surface area (Å²) < 4.78 is 40.5. The molecule has 0 aromatic carbocycles. The summed E-state index contributed by atoms with van der Waals surface area (Å²) in [4.78, 5) is 10.7. The van der Waals surface area contributed by atoms with Crippen molar-refractivity contribution in [3.05, 3.63) is 29.7 Å². The predicted molar refractivity (Wildman–Crippen MR) is 43.4 cm³/mol. The van der Waals surface area contributed by atoms with Gasteiger partial charge < -0.3 is 4.42 Å². The Hall–Kier alpha value is -1.52. The van der Waals surface area contributed by atoms with Gasteiger partial charge in [-0.05, 0) is 25.1 Å². The third-order valence-electron chi connectivity index (χ3n) is 1.52. The van der Waals surface area contributed by atoms with Gasteiger partial charge in [0.1, 0.15) is 5.76 Å². The first-order valence-electron chi connectivity index (χ1n) is 3.74. The second-order valence-electron chi connectivity index (χ2n) is 2.67. The van der Waals surface area contributed by atoms with Crippen molar-refractivity contribution in [2.45, 2.75) is 13.1 Å². The molecule has 1 rings (SSSR count). The lowest BCUT2D eigenvalue weighted by molar-refractivity contribution is -0.166. The van der Waals surface area contributed by atoms with E-state index >= 15 is 0 Å². The molecule has 76 valence electrons. The van der Waals surface area contributed by atoms with Gasteiger partial charge in [-0.15, -0.1) is 0 Å². The lowest BCUT2D eigenvalue weighted by Crippen LogP contribution is -2.23. The summed E-state index contributed by atoms with van der Waals surface area (Å²) >= 11 is 0. The average molecular weight is 204 g/mol. The van der Waals surface area contributed by atoms with Crippen LogP contribution in [0.3, 0.4) is 0 Å². The molecule has 0 aliphatic rings. The first-order valence-corrected chi connectivity index (χ1v) is 3.74. The van der Waals surface area contributed by atoms with E-state index in [4.69, 9.17) is 4.42 Å². The molecule has 5 heteroatoms. The van der Waals surface area contributed by atoms with Gasteiger partial charge in [0.25, 0.3) is 5.78 Å². The Kier molecular flexibility index (Phi) is 2.78. The van der Waals surface area contributed by atoms with E-state index in [1.165, 1.54) is 18.4 Å². The fourth-order valence-electron chi connectivity index (χ4n) is 0.876. The molecule has 1 aromatic rings. The van der Waals surface area contributed by atoms with Crippen LogP contribution >= 0.6 is 0 Å². The summed E-state index contributed by atoms with van der Waals surface area (Å²) in [5.74, 6) is -1.63. The first-order chi connectivity index (χ1) is 6.41. The number of hydrogen-bond acceptors (Lipinski definition) is 2. The van der Waals surface area contributed by atoms with Crippen LogP contribution in [0.15, 0.2) is 28.4 Å². The fraction of sp³-hybridized carbons (Fsp3) is 0.222. The number of rotatable bonds is 2. The molecule has 0 bridgehead atoms. The summed E-state index contributed by atoms with van der Waals surface area (Å²) in [6, 6.07) is 2.99. The fourth-order valence-corrected chi connectivity index (χ4v) is 0.876. The summed E-state index contributed by atoms with van der Waals surface area (Å²) in [6.07, 6.45) is -2.46. The zero-order valence-corrected chi connectivity index (χ0v) is 7.26. The van der Waals surface area contributed by atoms with E-state index in [0.717, 1.165) is 13.0 Å². The Balaban J connectivity index is 2.86. The Labute approximate surface area is 78.0 Å². The molecule has 0 spiro atoms. The second-order valence-corrected chi connectivity index (χ2v) is 2.67. The quantitative estimate of drug-likeness (QED) is 0.693. The predicted octanol–water partition coefficient (Wildman–Crippen LogP) is 2.81. The van der Waals surface area contributed by atoms with Crippen LogP contribution in [0.2, 0.25) is 0 Å². The summed E-state index contributed by atoms with van der Waals surface area (Å²) in [5.41, 5.74) is -0.396. The molecule has 14 heavy (non-hydrogen) atoms. The number of allylic oxidation sites excluding steroid dienone is 1. The van der Waals surface area contributed by atoms with Gasteiger partial charge in [0.2, 0.25) is 0 Å². The van der Waals surface area contributed by atoms with Crippen LogP contribution in [0, 0.1) is 0 Å². The van der Waals surface area contributed by atoms with Crippen LogP contribution < -0.4 is 0 Å². The van der Waals surface area contributed by atoms with E-state index in [-0.39, 0.29) is 5.76 Å². The minimum absolute atomic E-state index is 0.222. The highest BCUT2D eigenvalue weighted by molar-refractivity contribution is 6.02. The van der Waals surface area contributed by atoms with Crippen LogP contribution in [0.1, 0.15) is 12.7 Å². The van der Waals surface area contributed by atoms with Crippen LogP contribution in [0.4, 0.5) is 13.2 Å². The molecule has 1 heterocycles. The molecule has 2 nitrogen and oxygen atoms in total. The Bertz CT molecular complexity index is 347. The van der Waals surface area contributed by atoms with Gasteiger partial charge in [-0.1, -0.05) is 0 Å². The van der Waals surface area contributed by atoms with Gasteiger partial charge >= 0.3 is 6.18 Å². The van der Waals surface area contributed by atoms with Crippen molar-refractivity contribution in [2.75, 3.05) is 0 Å². The monoisotopic (exact) mass is 204 g/mol. The van der Waals surface area contributed by atoms with E-state index in [1.54, 1.807) is 0 Å². The number of furan rings is 1. The number of alkyl halides is 3. The third kappa shape index (κ3) is 2.48. The number of hydrogen-bond donors (Lipinski definition) is 0. The molecule has 0 N–H and O–H groups in total. The summed E-state index contributed by atoms with van der Waals surface area (Å²) in [6.45, 7) is 1.10. The lowest BCUT2D eigenvalue weighted by atomic mass is 10.1. The highest BCUT2D eigenvalue weighted by atomic mass is 19.4. The van der Waals surface area contributed by atoms with Crippen molar-refractivity contribution >= 4 is 11.9 Å². The van der Waals surface area contributed by atoms with E-state index in [2.05, 4.69) is 0 Å². The molecule has 0 unspecified atom stereocenters. The van der Waals surface area contributed by atoms with Gasteiger partial charge in [-0.25, -0.2) is 0 Å². The van der Waals surface area contributed by atoms with Crippen LogP contribution in [0.25, 0.3) is 6.08 Å². The molecule has 0 radical (unpaired) electrons. The SMILES string of the molecule is C/C(=C\c1ccco1)C(=O)C(F)(F)F. The van der Waals surface area contributed by atoms with E-state index in [1.807, 2.05) is 0 Å². The van der Waals surface area contributed by atoms with Crippen LogP contribution in [-0.2, 0) is 4.79 Å². The third-order valence-corrected chi connectivity index (χ3v) is 1.52. The second kappa shape index (κ2) is 3.69. The highest BCUT2D eigenvalue weighted by Crippen LogP contribution is 2.21. The number of ketones is 1. The molecule has 0 aliphatic carbocycles. The van der Waals surface area contributed by atoms with E-state index < -0.39 is 17.5 Å². The molecule has 0 saturated carbocycles. The van der Waals surface area contributed by atoms with Crippen molar-refractivity contribution in [3.63, 3.8) is 0 Å². The van der Waals surface area contributed by atoms with Crippen LogP contribution in [-0.4, -0.2) is 12.0 Å². The molecule has 0 saturated heterocycles. The first kappa shape index (κ1) is 10.6. The molecule has 0 aliphatic heterocycles. The van der Waals surface area contributed by atoms with Gasteiger partial charge in [-0.3, -0.25) is 4.79 Å². The van der Waals surface area contributed by atoms with Crippen LogP contribution in [0.5, 0.6) is 0 Å². The van der Waals surface area contributed by atoms with E-state index in [0.29, 0.717) is 0 Å². The number of carbonyl (C=O) groups is 1. The smallest absolute Gasteiger partial charge is 0.454 e. The topological polar surface area (TPSA) is 30.2 Å². The van der Waals surface area contributed by atoms with Gasteiger partial charge in [0, 0.05) is 5.57 Å². The highest BCUT2D eigenvalue weighted by Gasteiger charge is 2.39. The average Bonchev–Trinajstić information content (AvgIpc) is 2.53. The van der Waals surface area contributed by atoms with Gasteiger partial charge in [0.05, 0.1) is 6.26 Å². The molecule has 1 aromatic heterocycles. The number of halogens is 3. The number of Topliss-reactive ketones (excluding diaryl/α,β-unsaturated/α-hetero) is 1. The van der Waals surface area contributed by atoms with Gasteiger partial charge in [-0.2, -0.15) is 13.2 Å². The standard InChI is InChI=1S/C9H7F3O2/c1-6(8(13)9(10,11)12)5-7-3-2-4-14-7/h2-5H,1H3/b6-5+. The van der Waals surface area contributed by atoms with Crippen molar-refractivity contribution in [1.29, 1.82) is 0 Å². The summed E-state index contributed by atoms with van der Waals surface area (Å²) in [5, 5.41) is 0. The number of carbonyl (C=O) groups excluding carboxylic acids is 1.